The van der Waals surface area contributed by atoms with Gasteiger partial charge < -0.3 is 15.2 Å². The minimum absolute atomic E-state index is 0.0715. The lowest BCUT2D eigenvalue weighted by Gasteiger charge is -2.12. The smallest absolute Gasteiger partial charge is 0.282 e. The Morgan fingerprint density at radius 1 is 1.00 bits per heavy atom. The first-order chi connectivity index (χ1) is 10.8. The molecule has 0 aliphatic carbocycles. The van der Waals surface area contributed by atoms with Crippen molar-refractivity contribution >= 4 is 6.02 Å². The first-order valence-electron chi connectivity index (χ1n) is 7.52. The summed E-state index contributed by atoms with van der Waals surface area (Å²) >= 11 is 0. The van der Waals surface area contributed by atoms with Crippen LogP contribution in [0.1, 0.15) is 11.1 Å². The first-order valence-corrected chi connectivity index (χ1v) is 7.52. The van der Waals surface area contributed by atoms with Crippen molar-refractivity contribution in [3.8, 4) is 5.75 Å². The monoisotopic (exact) mass is 296 g/mol. The molecule has 22 heavy (non-hydrogen) atoms. The molecule has 4 nitrogen and oxygen atoms in total. The molecule has 1 atom stereocenters. The number of benzene rings is 2. The molecule has 3 rings (SSSR count). The van der Waals surface area contributed by atoms with Crippen molar-refractivity contribution in [1.29, 1.82) is 0 Å². The van der Waals surface area contributed by atoms with Crippen LogP contribution in [0.5, 0.6) is 5.75 Å². The van der Waals surface area contributed by atoms with E-state index in [2.05, 4.69) is 41.4 Å². The summed E-state index contributed by atoms with van der Waals surface area (Å²) in [5.41, 5.74) is 8.13. The molecule has 1 aliphatic rings. The average molecular weight is 296 g/mol. The summed E-state index contributed by atoms with van der Waals surface area (Å²) in [6.07, 6.45) is 2.01. The highest BCUT2D eigenvalue weighted by molar-refractivity contribution is 5.73. The quantitative estimate of drug-likeness (QED) is 0.891. The maximum absolute atomic E-state index is 5.70. The number of hydrogen-bond donors (Lipinski definition) is 1. The number of ether oxygens (including phenoxy) is 2. The summed E-state index contributed by atoms with van der Waals surface area (Å²) in [6, 6.07) is 19.0. The van der Waals surface area contributed by atoms with Gasteiger partial charge in [-0.2, -0.15) is 0 Å². The molecule has 0 saturated carbocycles. The van der Waals surface area contributed by atoms with Crippen LogP contribution in [0.15, 0.2) is 59.6 Å². The van der Waals surface area contributed by atoms with E-state index in [1.54, 1.807) is 0 Å². The molecule has 0 aromatic heterocycles. The molecule has 114 valence electrons. The van der Waals surface area contributed by atoms with Gasteiger partial charge in [0.2, 0.25) is 0 Å². The fraction of sp³-hybridized carbons (Fsp3) is 0.278. The van der Waals surface area contributed by atoms with E-state index in [0.717, 1.165) is 18.6 Å². The van der Waals surface area contributed by atoms with Crippen LogP contribution in [0.2, 0.25) is 0 Å². The van der Waals surface area contributed by atoms with Crippen molar-refractivity contribution < 1.29 is 9.47 Å². The maximum Gasteiger partial charge on any atom is 0.282 e. The number of rotatable bonds is 6. The Hall–Kier alpha value is -2.49. The molecule has 0 saturated heterocycles. The predicted octanol–water partition coefficient (Wildman–Crippen LogP) is 2.56. The third-order valence-corrected chi connectivity index (χ3v) is 3.64. The third-order valence-electron chi connectivity index (χ3n) is 3.64. The zero-order chi connectivity index (χ0) is 15.2. The van der Waals surface area contributed by atoms with Gasteiger partial charge in [-0.15, -0.1) is 0 Å². The van der Waals surface area contributed by atoms with Gasteiger partial charge in [-0.3, -0.25) is 0 Å². The highest BCUT2D eigenvalue weighted by Crippen LogP contribution is 2.15. The Morgan fingerprint density at radius 2 is 1.68 bits per heavy atom. The van der Waals surface area contributed by atoms with Crippen molar-refractivity contribution in [2.75, 3.05) is 13.2 Å². The second-order valence-corrected chi connectivity index (χ2v) is 5.36. The lowest BCUT2D eigenvalue weighted by atomic mass is 10.0. The molecular formula is C18H20N2O2. The number of aryl methyl sites for hydroxylation is 2. The number of amidine groups is 1. The average Bonchev–Trinajstić information content (AvgIpc) is 2.98. The van der Waals surface area contributed by atoms with Gasteiger partial charge in [0.25, 0.3) is 6.02 Å². The fourth-order valence-electron chi connectivity index (χ4n) is 2.40. The van der Waals surface area contributed by atoms with E-state index in [9.17, 15) is 0 Å². The van der Waals surface area contributed by atoms with Gasteiger partial charge in [-0.05, 0) is 36.1 Å². The molecule has 0 amide bonds. The van der Waals surface area contributed by atoms with Gasteiger partial charge in [-0.25, -0.2) is 4.99 Å². The topological polar surface area (TPSA) is 56.8 Å². The molecule has 1 heterocycles. The summed E-state index contributed by atoms with van der Waals surface area (Å²) in [5.74, 6) is 0.845. The van der Waals surface area contributed by atoms with Gasteiger partial charge >= 0.3 is 0 Å². The highest BCUT2D eigenvalue weighted by atomic mass is 16.5. The third kappa shape index (κ3) is 4.01. The number of nitrogens with zero attached hydrogens (tertiary/aromatic N) is 1. The van der Waals surface area contributed by atoms with Crippen molar-refractivity contribution in [2.24, 2.45) is 10.7 Å². The van der Waals surface area contributed by atoms with Gasteiger partial charge in [-0.1, -0.05) is 42.5 Å². The van der Waals surface area contributed by atoms with Crippen molar-refractivity contribution in [2.45, 2.75) is 18.9 Å². The molecule has 2 aromatic rings. The summed E-state index contributed by atoms with van der Waals surface area (Å²) < 4.78 is 11.0. The molecule has 0 radical (unpaired) electrons. The molecule has 0 fully saturated rings. The molecule has 2 aromatic carbocycles. The van der Waals surface area contributed by atoms with Crippen molar-refractivity contribution in [1.82, 2.24) is 0 Å². The molecule has 2 N–H and O–H groups in total. The normalized spacial score (nSPS) is 16.9. The van der Waals surface area contributed by atoms with E-state index in [0.29, 0.717) is 13.2 Å². The predicted molar refractivity (Wildman–Crippen MR) is 87.1 cm³/mol. The zero-order valence-corrected chi connectivity index (χ0v) is 12.4. The maximum atomic E-state index is 5.70. The SMILES string of the molecule is NC1=NCC(COc2ccc(CCc3ccccc3)cc2)O1. The van der Waals surface area contributed by atoms with Crippen LogP contribution < -0.4 is 10.5 Å². The molecule has 1 aliphatic heterocycles. The number of nitrogens with two attached hydrogens (primary N) is 1. The van der Waals surface area contributed by atoms with E-state index >= 15 is 0 Å². The summed E-state index contributed by atoms with van der Waals surface area (Å²) in [6.45, 7) is 1.04. The van der Waals surface area contributed by atoms with Crippen LogP contribution >= 0.6 is 0 Å². The molecule has 4 heteroatoms. The van der Waals surface area contributed by atoms with Gasteiger partial charge in [0.05, 0.1) is 6.54 Å². The summed E-state index contributed by atoms with van der Waals surface area (Å²) in [5, 5.41) is 0. The fourth-order valence-corrected chi connectivity index (χ4v) is 2.40. The second kappa shape index (κ2) is 6.98. The number of hydrogen-bond acceptors (Lipinski definition) is 4. The largest absolute Gasteiger partial charge is 0.490 e. The van der Waals surface area contributed by atoms with Gasteiger partial charge in [0.15, 0.2) is 6.10 Å². The Kier molecular flexibility index (Phi) is 4.59. The lowest BCUT2D eigenvalue weighted by molar-refractivity contribution is 0.141. The number of aliphatic imine (C=N–C) groups is 1. The van der Waals surface area contributed by atoms with Crippen LogP contribution in [0.4, 0.5) is 0 Å². The Bertz CT molecular complexity index is 623. The Labute approximate surface area is 130 Å². The zero-order valence-electron chi connectivity index (χ0n) is 12.4. The van der Waals surface area contributed by atoms with Crippen LogP contribution in [0, 0.1) is 0 Å². The van der Waals surface area contributed by atoms with E-state index in [1.165, 1.54) is 11.1 Å². The van der Waals surface area contributed by atoms with E-state index in [-0.39, 0.29) is 12.1 Å². The Balaban J connectivity index is 1.46. The van der Waals surface area contributed by atoms with Gasteiger partial charge in [0.1, 0.15) is 12.4 Å². The molecule has 0 spiro atoms. The van der Waals surface area contributed by atoms with Crippen LogP contribution in [0.25, 0.3) is 0 Å². The van der Waals surface area contributed by atoms with Gasteiger partial charge in [0, 0.05) is 0 Å². The highest BCUT2D eigenvalue weighted by Gasteiger charge is 2.17. The second-order valence-electron chi connectivity index (χ2n) is 5.36. The minimum Gasteiger partial charge on any atom is -0.490 e. The molecular weight excluding hydrogens is 276 g/mol. The summed E-state index contributed by atoms with van der Waals surface area (Å²) in [7, 11) is 0. The lowest BCUT2D eigenvalue weighted by Crippen LogP contribution is -2.24. The first kappa shape index (κ1) is 14.4. The Morgan fingerprint density at radius 3 is 2.32 bits per heavy atom. The van der Waals surface area contributed by atoms with Crippen LogP contribution in [-0.4, -0.2) is 25.3 Å². The summed E-state index contributed by atoms with van der Waals surface area (Å²) in [4.78, 5) is 3.99. The van der Waals surface area contributed by atoms with Crippen molar-refractivity contribution in [3.63, 3.8) is 0 Å². The minimum atomic E-state index is -0.0715. The van der Waals surface area contributed by atoms with E-state index < -0.39 is 0 Å². The standard InChI is InChI=1S/C18H20N2O2/c19-18-20-12-17(22-18)13-21-16-10-8-15(9-11-16)7-6-14-4-2-1-3-5-14/h1-5,8-11,17H,6-7,12-13H2,(H2,19,20). The van der Waals surface area contributed by atoms with Crippen LogP contribution in [0.3, 0.4) is 0 Å². The molecule has 1 unspecified atom stereocenters. The van der Waals surface area contributed by atoms with Crippen LogP contribution in [-0.2, 0) is 17.6 Å². The molecule has 0 bridgehead atoms. The van der Waals surface area contributed by atoms with Crippen molar-refractivity contribution in [3.05, 3.63) is 65.7 Å². The van der Waals surface area contributed by atoms with E-state index in [4.69, 9.17) is 15.2 Å². The van der Waals surface area contributed by atoms with E-state index in [1.807, 2.05) is 18.2 Å².